The van der Waals surface area contributed by atoms with Gasteiger partial charge in [0.25, 0.3) is 0 Å². The van der Waals surface area contributed by atoms with Crippen LogP contribution in [-0.2, 0) is 20.4 Å². The lowest BCUT2D eigenvalue weighted by atomic mass is 10.3. The predicted octanol–water partition coefficient (Wildman–Crippen LogP) is 0.855. The SMILES string of the molecule is COc1ccccc1NC(=O)CS(=O)C(C)C(=O)O. The molecule has 0 fully saturated rings. The normalized spacial score (nSPS) is 13.4. The third-order valence-corrected chi connectivity index (χ3v) is 3.93. The highest BCUT2D eigenvalue weighted by atomic mass is 32.2. The molecule has 1 amide bonds. The number of ether oxygens (including phenoxy) is 1. The summed E-state index contributed by atoms with van der Waals surface area (Å²) in [6.45, 7) is 1.30. The monoisotopic (exact) mass is 285 g/mol. The number of carbonyl (C=O) groups is 2. The molecule has 0 heterocycles. The van der Waals surface area contributed by atoms with E-state index in [0.29, 0.717) is 11.4 Å². The fraction of sp³-hybridized carbons (Fsp3) is 0.333. The molecule has 0 aliphatic heterocycles. The Labute approximate surface area is 113 Å². The van der Waals surface area contributed by atoms with Crippen molar-refractivity contribution in [2.75, 3.05) is 18.2 Å². The lowest BCUT2D eigenvalue weighted by Gasteiger charge is -2.10. The first kappa shape index (κ1) is 15.2. The van der Waals surface area contributed by atoms with Crippen LogP contribution in [0.3, 0.4) is 0 Å². The maximum atomic E-state index is 11.7. The lowest BCUT2D eigenvalue weighted by Crippen LogP contribution is -2.29. The number of para-hydroxylation sites is 2. The van der Waals surface area contributed by atoms with Crippen LogP contribution in [0.25, 0.3) is 0 Å². The van der Waals surface area contributed by atoms with Crippen molar-refractivity contribution in [3.63, 3.8) is 0 Å². The van der Waals surface area contributed by atoms with Crippen LogP contribution in [0.4, 0.5) is 5.69 Å². The summed E-state index contributed by atoms with van der Waals surface area (Å²) in [7, 11) is -0.292. The topological polar surface area (TPSA) is 92.7 Å². The predicted molar refractivity (Wildman–Crippen MR) is 71.7 cm³/mol. The zero-order chi connectivity index (χ0) is 14.4. The van der Waals surface area contributed by atoms with Gasteiger partial charge in [0.15, 0.2) is 0 Å². The fourth-order valence-corrected chi connectivity index (χ4v) is 2.11. The van der Waals surface area contributed by atoms with Gasteiger partial charge in [-0.25, -0.2) is 0 Å². The molecule has 0 spiro atoms. The number of carboxylic acids is 1. The van der Waals surface area contributed by atoms with E-state index in [0.717, 1.165) is 0 Å². The molecule has 0 saturated carbocycles. The minimum Gasteiger partial charge on any atom is -0.495 e. The third kappa shape index (κ3) is 4.36. The second kappa shape index (κ2) is 6.89. The summed E-state index contributed by atoms with van der Waals surface area (Å²) < 4.78 is 16.6. The molecule has 0 radical (unpaired) electrons. The van der Waals surface area contributed by atoms with Gasteiger partial charge in [-0.05, 0) is 19.1 Å². The van der Waals surface area contributed by atoms with Gasteiger partial charge in [-0.15, -0.1) is 0 Å². The van der Waals surface area contributed by atoms with Gasteiger partial charge in [0, 0.05) is 10.8 Å². The number of hydrogen-bond donors (Lipinski definition) is 2. The van der Waals surface area contributed by atoms with Gasteiger partial charge in [-0.2, -0.15) is 0 Å². The number of nitrogens with one attached hydrogen (secondary N) is 1. The Balaban J connectivity index is 2.65. The molecule has 2 N–H and O–H groups in total. The average molecular weight is 285 g/mol. The van der Waals surface area contributed by atoms with E-state index in [1.165, 1.54) is 14.0 Å². The summed E-state index contributed by atoms with van der Waals surface area (Å²) in [5, 5.41) is 10.1. The minimum atomic E-state index is -1.76. The van der Waals surface area contributed by atoms with Crippen LogP contribution in [0.15, 0.2) is 24.3 Å². The molecule has 0 aliphatic rings. The Morgan fingerprint density at radius 2 is 2.05 bits per heavy atom. The van der Waals surface area contributed by atoms with Crippen LogP contribution in [0.2, 0.25) is 0 Å². The molecule has 2 unspecified atom stereocenters. The van der Waals surface area contributed by atoms with Crippen molar-refractivity contribution in [1.82, 2.24) is 0 Å². The molecule has 1 aromatic carbocycles. The first-order chi connectivity index (χ1) is 8.95. The van der Waals surface area contributed by atoms with Crippen LogP contribution in [-0.4, -0.2) is 39.3 Å². The Hall–Kier alpha value is -1.89. The number of carbonyl (C=O) groups excluding carboxylic acids is 1. The van der Waals surface area contributed by atoms with Gasteiger partial charge in [0.2, 0.25) is 5.91 Å². The zero-order valence-electron chi connectivity index (χ0n) is 10.6. The summed E-state index contributed by atoms with van der Waals surface area (Å²) >= 11 is 0. The van der Waals surface area contributed by atoms with Crippen LogP contribution in [0.5, 0.6) is 5.75 Å². The van der Waals surface area contributed by atoms with Gasteiger partial charge >= 0.3 is 5.97 Å². The van der Waals surface area contributed by atoms with Crippen molar-refractivity contribution in [1.29, 1.82) is 0 Å². The highest BCUT2D eigenvalue weighted by Crippen LogP contribution is 2.22. The highest BCUT2D eigenvalue weighted by molar-refractivity contribution is 7.87. The van der Waals surface area contributed by atoms with E-state index >= 15 is 0 Å². The van der Waals surface area contributed by atoms with E-state index in [2.05, 4.69) is 5.32 Å². The Kier molecular flexibility index (Phi) is 5.50. The fourth-order valence-electron chi connectivity index (χ4n) is 1.30. The maximum Gasteiger partial charge on any atom is 0.318 e. The van der Waals surface area contributed by atoms with Crippen molar-refractivity contribution in [3.05, 3.63) is 24.3 Å². The molecule has 19 heavy (non-hydrogen) atoms. The number of aliphatic carboxylic acids is 1. The number of amides is 1. The van der Waals surface area contributed by atoms with Crippen molar-refractivity contribution < 1.29 is 23.6 Å². The van der Waals surface area contributed by atoms with Crippen molar-refractivity contribution in [2.24, 2.45) is 0 Å². The van der Waals surface area contributed by atoms with E-state index in [-0.39, 0.29) is 5.75 Å². The average Bonchev–Trinajstić information content (AvgIpc) is 2.38. The van der Waals surface area contributed by atoms with Crippen LogP contribution in [0, 0.1) is 0 Å². The summed E-state index contributed by atoms with van der Waals surface area (Å²) in [6.07, 6.45) is 0. The highest BCUT2D eigenvalue weighted by Gasteiger charge is 2.21. The molecule has 6 nitrogen and oxygen atoms in total. The molecular weight excluding hydrogens is 270 g/mol. The number of anilines is 1. The van der Waals surface area contributed by atoms with Crippen LogP contribution in [0.1, 0.15) is 6.92 Å². The maximum absolute atomic E-state index is 11.7. The minimum absolute atomic E-state index is 0.370. The van der Waals surface area contributed by atoms with E-state index in [4.69, 9.17) is 9.84 Å². The Bertz CT molecular complexity index is 503. The summed E-state index contributed by atoms with van der Waals surface area (Å²) in [4.78, 5) is 22.3. The summed E-state index contributed by atoms with van der Waals surface area (Å²) in [6, 6.07) is 6.78. The molecular formula is C12H15NO5S. The second-order valence-electron chi connectivity index (χ2n) is 3.75. The number of methoxy groups -OCH3 is 1. The van der Waals surface area contributed by atoms with E-state index in [1.807, 2.05) is 0 Å². The first-order valence-corrected chi connectivity index (χ1v) is 6.86. The number of benzene rings is 1. The molecule has 0 saturated heterocycles. The molecule has 0 aromatic heterocycles. The number of hydrogen-bond acceptors (Lipinski definition) is 4. The number of rotatable bonds is 6. The molecule has 2 atom stereocenters. The van der Waals surface area contributed by atoms with Crippen molar-refractivity contribution in [2.45, 2.75) is 12.2 Å². The van der Waals surface area contributed by atoms with Gasteiger partial charge in [0.05, 0.1) is 12.8 Å². The molecule has 104 valence electrons. The molecule has 1 aromatic rings. The second-order valence-corrected chi connectivity index (χ2v) is 5.51. The smallest absolute Gasteiger partial charge is 0.318 e. The summed E-state index contributed by atoms with van der Waals surface area (Å²) in [5.74, 6) is -1.60. The molecule has 0 aliphatic carbocycles. The van der Waals surface area contributed by atoms with E-state index < -0.39 is 27.9 Å². The van der Waals surface area contributed by atoms with Gasteiger partial charge in [-0.3, -0.25) is 13.8 Å². The van der Waals surface area contributed by atoms with Crippen LogP contribution < -0.4 is 10.1 Å². The van der Waals surface area contributed by atoms with Crippen LogP contribution >= 0.6 is 0 Å². The number of carboxylic acid groups (broad SMARTS) is 1. The Morgan fingerprint density at radius 1 is 1.42 bits per heavy atom. The van der Waals surface area contributed by atoms with Crippen molar-refractivity contribution in [3.8, 4) is 5.75 Å². The van der Waals surface area contributed by atoms with E-state index in [9.17, 15) is 13.8 Å². The molecule has 7 heteroatoms. The molecule has 0 bridgehead atoms. The quantitative estimate of drug-likeness (QED) is 0.808. The first-order valence-electron chi connectivity index (χ1n) is 5.48. The zero-order valence-corrected chi connectivity index (χ0v) is 11.4. The lowest BCUT2D eigenvalue weighted by molar-refractivity contribution is -0.136. The van der Waals surface area contributed by atoms with Gasteiger partial charge in [0.1, 0.15) is 16.8 Å². The van der Waals surface area contributed by atoms with Crippen molar-refractivity contribution >= 4 is 28.4 Å². The summed E-state index contributed by atoms with van der Waals surface area (Å²) in [5.41, 5.74) is 0.454. The largest absolute Gasteiger partial charge is 0.495 e. The third-order valence-electron chi connectivity index (χ3n) is 2.40. The van der Waals surface area contributed by atoms with E-state index in [1.54, 1.807) is 24.3 Å². The molecule has 1 rings (SSSR count). The van der Waals surface area contributed by atoms with Gasteiger partial charge in [-0.1, -0.05) is 12.1 Å². The Morgan fingerprint density at radius 3 is 2.63 bits per heavy atom. The van der Waals surface area contributed by atoms with Gasteiger partial charge < -0.3 is 15.2 Å². The standard InChI is InChI=1S/C12H15NO5S/c1-8(12(15)16)19(17)7-11(14)13-9-5-3-4-6-10(9)18-2/h3-6,8H,7H2,1-2H3,(H,13,14)(H,15,16).